The summed E-state index contributed by atoms with van der Waals surface area (Å²) in [4.78, 5) is 11.3. The van der Waals surface area contributed by atoms with Crippen molar-refractivity contribution in [1.82, 2.24) is 0 Å². The first-order valence-corrected chi connectivity index (χ1v) is 5.64. The minimum atomic E-state index is -0.541. The van der Waals surface area contributed by atoms with Crippen LogP contribution in [0.2, 0.25) is 0 Å². The molecule has 0 aliphatic heterocycles. The van der Waals surface area contributed by atoms with E-state index in [1.54, 1.807) is 7.11 Å². The first kappa shape index (κ1) is 13.6. The van der Waals surface area contributed by atoms with Crippen LogP contribution in [0.3, 0.4) is 0 Å². The summed E-state index contributed by atoms with van der Waals surface area (Å²) in [7, 11) is 1.56. The minimum absolute atomic E-state index is 0.174. The van der Waals surface area contributed by atoms with Crippen LogP contribution in [0, 0.1) is 11.3 Å². The smallest absolute Gasteiger partial charge is 0.147 e. The number of methoxy groups -OCH3 is 1. The fourth-order valence-corrected chi connectivity index (χ4v) is 2.62. The van der Waals surface area contributed by atoms with Crippen LogP contribution in [0.1, 0.15) is 33.6 Å². The lowest BCUT2D eigenvalue weighted by molar-refractivity contribution is -0.201. The van der Waals surface area contributed by atoms with Crippen LogP contribution in [0.25, 0.3) is 0 Å². The number of ether oxygens (including phenoxy) is 2. The van der Waals surface area contributed by atoms with E-state index in [1.807, 2.05) is 20.8 Å². The molecule has 0 bridgehead atoms. The van der Waals surface area contributed by atoms with Gasteiger partial charge in [0.05, 0.1) is 17.6 Å². The number of aliphatic hydroxyl groups excluding tert-OH is 1. The van der Waals surface area contributed by atoms with Crippen molar-refractivity contribution in [2.75, 3.05) is 13.9 Å². The fourth-order valence-electron chi connectivity index (χ4n) is 2.62. The highest BCUT2D eigenvalue weighted by Gasteiger charge is 2.51. The van der Waals surface area contributed by atoms with Gasteiger partial charge in [0.25, 0.3) is 0 Å². The Morgan fingerprint density at radius 2 is 2.06 bits per heavy atom. The molecule has 1 rings (SSSR count). The van der Waals surface area contributed by atoms with E-state index < -0.39 is 17.1 Å². The minimum Gasteiger partial charge on any atom is -0.393 e. The molecule has 1 N–H and O–H groups in total. The van der Waals surface area contributed by atoms with Crippen molar-refractivity contribution >= 4 is 6.29 Å². The fraction of sp³-hybridized carbons (Fsp3) is 0.917. The lowest BCUT2D eigenvalue weighted by atomic mass is 9.61. The van der Waals surface area contributed by atoms with Crippen molar-refractivity contribution < 1.29 is 19.4 Å². The molecule has 0 unspecified atom stereocenters. The molecule has 0 spiro atoms. The predicted octanol–water partition coefficient (Wildman–Crippen LogP) is 1.36. The van der Waals surface area contributed by atoms with E-state index in [0.717, 1.165) is 6.29 Å². The molecule has 4 nitrogen and oxygen atoms in total. The average Bonchev–Trinajstić information content (AvgIpc) is 2.22. The quantitative estimate of drug-likeness (QED) is 0.585. The normalized spacial score (nSPS) is 38.3. The van der Waals surface area contributed by atoms with Crippen LogP contribution in [0.4, 0.5) is 0 Å². The Kier molecular flexibility index (Phi) is 4.10. The molecule has 0 amide bonds. The third-order valence-corrected chi connectivity index (χ3v) is 3.88. The summed E-state index contributed by atoms with van der Waals surface area (Å²) in [6.45, 7) is 5.90. The van der Waals surface area contributed by atoms with Crippen LogP contribution in [-0.4, -0.2) is 37.0 Å². The van der Waals surface area contributed by atoms with Gasteiger partial charge in [-0.25, -0.2) is 0 Å². The van der Waals surface area contributed by atoms with Gasteiger partial charge in [-0.2, -0.15) is 0 Å². The second-order valence-electron chi connectivity index (χ2n) is 5.35. The first-order chi connectivity index (χ1) is 7.38. The standard InChI is InChI=1S/C12H22O4/c1-11(2)9(7-13)12(3,16-8-15-4)6-5-10(11)14/h7,9-10,14H,5-6,8H2,1-4H3/t9-,10-,12-/m1/s1. The molecule has 0 radical (unpaired) electrons. The highest BCUT2D eigenvalue weighted by molar-refractivity contribution is 5.58. The molecule has 1 aliphatic carbocycles. The van der Waals surface area contributed by atoms with E-state index in [4.69, 9.17) is 9.47 Å². The number of aliphatic hydroxyl groups is 1. The zero-order chi connectivity index (χ0) is 12.4. The van der Waals surface area contributed by atoms with Gasteiger partial charge in [0.15, 0.2) is 0 Å². The summed E-state index contributed by atoms with van der Waals surface area (Å²) < 4.78 is 10.5. The maximum Gasteiger partial charge on any atom is 0.147 e. The maximum atomic E-state index is 11.3. The Bertz CT molecular complexity index is 247. The molecule has 94 valence electrons. The van der Waals surface area contributed by atoms with Crippen molar-refractivity contribution in [2.24, 2.45) is 11.3 Å². The Hall–Kier alpha value is -0.450. The lowest BCUT2D eigenvalue weighted by Crippen LogP contribution is -2.55. The number of hydrogen-bond acceptors (Lipinski definition) is 4. The van der Waals surface area contributed by atoms with E-state index in [2.05, 4.69) is 0 Å². The van der Waals surface area contributed by atoms with Gasteiger partial charge in [0, 0.05) is 12.5 Å². The number of carbonyl (C=O) groups excluding carboxylic acids is 1. The molecule has 4 heteroatoms. The second kappa shape index (κ2) is 4.82. The molecule has 0 heterocycles. The zero-order valence-corrected chi connectivity index (χ0v) is 10.5. The van der Waals surface area contributed by atoms with Gasteiger partial charge in [0.2, 0.25) is 0 Å². The van der Waals surface area contributed by atoms with Gasteiger partial charge >= 0.3 is 0 Å². The third-order valence-electron chi connectivity index (χ3n) is 3.88. The number of aldehydes is 1. The van der Waals surface area contributed by atoms with E-state index in [1.165, 1.54) is 0 Å². The molecule has 0 aromatic carbocycles. The average molecular weight is 230 g/mol. The van der Waals surface area contributed by atoms with Gasteiger partial charge in [-0.05, 0) is 19.8 Å². The monoisotopic (exact) mass is 230 g/mol. The van der Waals surface area contributed by atoms with Crippen LogP contribution in [-0.2, 0) is 14.3 Å². The molecule has 1 fully saturated rings. The summed E-state index contributed by atoms with van der Waals surface area (Å²) >= 11 is 0. The predicted molar refractivity (Wildman–Crippen MR) is 59.9 cm³/mol. The molecule has 0 saturated heterocycles. The Morgan fingerprint density at radius 3 is 2.56 bits per heavy atom. The van der Waals surface area contributed by atoms with E-state index >= 15 is 0 Å². The highest BCUT2D eigenvalue weighted by Crippen LogP contribution is 2.46. The van der Waals surface area contributed by atoms with Crippen LogP contribution in [0.5, 0.6) is 0 Å². The van der Waals surface area contributed by atoms with Gasteiger partial charge < -0.3 is 19.4 Å². The van der Waals surface area contributed by atoms with E-state index in [-0.39, 0.29) is 12.7 Å². The summed E-state index contributed by atoms with van der Waals surface area (Å²) in [6.07, 6.45) is 1.77. The SMILES string of the molecule is COCO[C@]1(C)CC[C@@H](O)C(C)(C)[C@H]1C=O. The van der Waals surface area contributed by atoms with Gasteiger partial charge in [-0.1, -0.05) is 13.8 Å². The van der Waals surface area contributed by atoms with Gasteiger partial charge in [-0.3, -0.25) is 0 Å². The lowest BCUT2D eigenvalue weighted by Gasteiger charge is -2.50. The molecule has 16 heavy (non-hydrogen) atoms. The van der Waals surface area contributed by atoms with E-state index in [0.29, 0.717) is 12.8 Å². The van der Waals surface area contributed by atoms with Crippen molar-refractivity contribution in [2.45, 2.75) is 45.3 Å². The van der Waals surface area contributed by atoms with Gasteiger partial charge in [-0.15, -0.1) is 0 Å². The largest absolute Gasteiger partial charge is 0.393 e. The molecular formula is C12H22O4. The maximum absolute atomic E-state index is 11.3. The molecule has 0 aromatic rings. The van der Waals surface area contributed by atoms with Crippen LogP contribution in [0.15, 0.2) is 0 Å². The molecular weight excluding hydrogens is 208 g/mol. The Balaban J connectivity index is 2.89. The number of hydrogen-bond donors (Lipinski definition) is 1. The Morgan fingerprint density at radius 1 is 1.44 bits per heavy atom. The molecule has 1 saturated carbocycles. The number of carbonyl (C=O) groups is 1. The summed E-state index contributed by atoms with van der Waals surface area (Å²) in [5, 5.41) is 9.95. The zero-order valence-electron chi connectivity index (χ0n) is 10.5. The highest BCUT2D eigenvalue weighted by atomic mass is 16.7. The van der Waals surface area contributed by atoms with Crippen LogP contribution < -0.4 is 0 Å². The second-order valence-corrected chi connectivity index (χ2v) is 5.35. The summed E-state index contributed by atoms with van der Waals surface area (Å²) in [5.74, 6) is -0.320. The van der Waals surface area contributed by atoms with Crippen molar-refractivity contribution in [3.8, 4) is 0 Å². The molecule has 1 aliphatic rings. The van der Waals surface area contributed by atoms with Crippen molar-refractivity contribution in [1.29, 1.82) is 0 Å². The summed E-state index contributed by atoms with van der Waals surface area (Å²) in [5.41, 5.74) is -0.997. The topological polar surface area (TPSA) is 55.8 Å². The van der Waals surface area contributed by atoms with Crippen molar-refractivity contribution in [3.63, 3.8) is 0 Å². The Labute approximate surface area is 96.9 Å². The molecule has 0 aromatic heterocycles. The van der Waals surface area contributed by atoms with Crippen LogP contribution >= 0.6 is 0 Å². The molecule has 3 atom stereocenters. The van der Waals surface area contributed by atoms with E-state index in [9.17, 15) is 9.90 Å². The summed E-state index contributed by atoms with van der Waals surface area (Å²) in [6, 6.07) is 0. The van der Waals surface area contributed by atoms with Crippen molar-refractivity contribution in [3.05, 3.63) is 0 Å². The van der Waals surface area contributed by atoms with Gasteiger partial charge in [0.1, 0.15) is 13.1 Å². The number of rotatable bonds is 4. The third kappa shape index (κ3) is 2.29. The first-order valence-electron chi connectivity index (χ1n) is 5.64.